The zero-order chi connectivity index (χ0) is 16.3. The van der Waals surface area contributed by atoms with Crippen LogP contribution in [0.2, 0.25) is 0 Å². The molecule has 0 bridgehead atoms. The number of ether oxygens (including phenoxy) is 2. The van der Waals surface area contributed by atoms with Crippen molar-refractivity contribution in [2.45, 2.75) is 13.0 Å². The summed E-state index contributed by atoms with van der Waals surface area (Å²) in [5.74, 6) is 0.721. The molecule has 1 aromatic carbocycles. The normalized spacial score (nSPS) is 10.5. The zero-order valence-corrected chi connectivity index (χ0v) is 13.1. The second-order valence-corrected chi connectivity index (χ2v) is 4.77. The molecule has 0 fully saturated rings. The molecule has 5 heteroatoms. The standard InChI is InChI=1S/C18H20N2O3/c1-22-17-11-7-13-19-16(17)10-5-6-12-20-18(21)23-14-15-8-3-2-4-9-15/h2-5,7-11,13H,6,12,14H2,1H3,(H,20,21). The first-order valence-corrected chi connectivity index (χ1v) is 7.39. The Morgan fingerprint density at radius 3 is 2.83 bits per heavy atom. The van der Waals surface area contributed by atoms with Crippen molar-refractivity contribution in [1.82, 2.24) is 10.3 Å². The van der Waals surface area contributed by atoms with Gasteiger partial charge < -0.3 is 14.8 Å². The zero-order valence-electron chi connectivity index (χ0n) is 13.1. The lowest BCUT2D eigenvalue weighted by molar-refractivity contribution is 0.140. The highest BCUT2D eigenvalue weighted by molar-refractivity contribution is 5.67. The molecule has 0 spiro atoms. The summed E-state index contributed by atoms with van der Waals surface area (Å²) in [6, 6.07) is 13.2. The minimum Gasteiger partial charge on any atom is -0.494 e. The van der Waals surface area contributed by atoms with Crippen molar-refractivity contribution in [2.24, 2.45) is 0 Å². The number of nitrogens with one attached hydrogen (secondary N) is 1. The monoisotopic (exact) mass is 312 g/mol. The van der Waals surface area contributed by atoms with Gasteiger partial charge in [0, 0.05) is 12.7 Å². The fourth-order valence-electron chi connectivity index (χ4n) is 1.93. The first-order chi connectivity index (χ1) is 11.3. The van der Waals surface area contributed by atoms with Crippen LogP contribution < -0.4 is 10.1 Å². The number of hydrogen-bond acceptors (Lipinski definition) is 4. The number of benzene rings is 1. The minimum atomic E-state index is -0.419. The van der Waals surface area contributed by atoms with Crippen molar-refractivity contribution in [1.29, 1.82) is 0 Å². The number of hydrogen-bond donors (Lipinski definition) is 1. The van der Waals surface area contributed by atoms with Gasteiger partial charge in [-0.15, -0.1) is 0 Å². The molecule has 2 aromatic rings. The summed E-state index contributed by atoms with van der Waals surface area (Å²) in [5.41, 5.74) is 1.73. The molecule has 120 valence electrons. The highest BCUT2D eigenvalue weighted by Gasteiger charge is 2.01. The Balaban J connectivity index is 1.66. The topological polar surface area (TPSA) is 60.5 Å². The second-order valence-electron chi connectivity index (χ2n) is 4.77. The lowest BCUT2D eigenvalue weighted by Gasteiger charge is -2.06. The number of rotatable bonds is 7. The van der Waals surface area contributed by atoms with Crippen LogP contribution in [0.1, 0.15) is 17.7 Å². The van der Waals surface area contributed by atoms with Gasteiger partial charge in [0.15, 0.2) is 0 Å². The third-order valence-electron chi connectivity index (χ3n) is 3.09. The van der Waals surface area contributed by atoms with E-state index < -0.39 is 6.09 Å². The summed E-state index contributed by atoms with van der Waals surface area (Å²) in [5, 5.41) is 2.70. The van der Waals surface area contributed by atoms with Gasteiger partial charge in [-0.05, 0) is 30.2 Å². The molecule has 0 radical (unpaired) electrons. The number of nitrogens with zero attached hydrogens (tertiary/aromatic N) is 1. The Bertz CT molecular complexity index is 642. The number of methoxy groups -OCH3 is 1. The maximum absolute atomic E-state index is 11.6. The van der Waals surface area contributed by atoms with Crippen LogP contribution in [0, 0.1) is 0 Å². The van der Waals surface area contributed by atoms with Gasteiger partial charge in [-0.25, -0.2) is 4.79 Å². The average Bonchev–Trinajstić information content (AvgIpc) is 2.61. The second kappa shape index (κ2) is 9.25. The fourth-order valence-corrected chi connectivity index (χ4v) is 1.93. The lowest BCUT2D eigenvalue weighted by atomic mass is 10.2. The minimum absolute atomic E-state index is 0.271. The Hall–Kier alpha value is -2.82. The Morgan fingerprint density at radius 1 is 1.22 bits per heavy atom. The Morgan fingerprint density at radius 2 is 2.04 bits per heavy atom. The molecule has 1 N–H and O–H groups in total. The molecule has 1 aromatic heterocycles. The van der Waals surface area contributed by atoms with Gasteiger partial charge in [0.1, 0.15) is 18.1 Å². The number of amides is 1. The van der Waals surface area contributed by atoms with Crippen LogP contribution in [0.15, 0.2) is 54.7 Å². The predicted molar refractivity (Wildman–Crippen MR) is 89.1 cm³/mol. The molecule has 1 heterocycles. The number of carbonyl (C=O) groups excluding carboxylic acids is 1. The highest BCUT2D eigenvalue weighted by Crippen LogP contribution is 2.15. The molecule has 0 aliphatic carbocycles. The molecule has 0 aliphatic rings. The van der Waals surface area contributed by atoms with Crippen molar-refractivity contribution in [2.75, 3.05) is 13.7 Å². The van der Waals surface area contributed by atoms with Gasteiger partial charge in [-0.1, -0.05) is 36.4 Å². The van der Waals surface area contributed by atoms with Gasteiger partial charge in [0.25, 0.3) is 0 Å². The van der Waals surface area contributed by atoms with E-state index in [9.17, 15) is 4.79 Å². The number of carbonyl (C=O) groups is 1. The third-order valence-corrected chi connectivity index (χ3v) is 3.09. The summed E-state index contributed by atoms with van der Waals surface area (Å²) < 4.78 is 10.3. The quantitative estimate of drug-likeness (QED) is 0.796. The van der Waals surface area contributed by atoms with Crippen LogP contribution in [-0.2, 0) is 11.3 Å². The van der Waals surface area contributed by atoms with Gasteiger partial charge in [-0.2, -0.15) is 0 Å². The summed E-state index contributed by atoms with van der Waals surface area (Å²) in [4.78, 5) is 15.8. The smallest absolute Gasteiger partial charge is 0.407 e. The van der Waals surface area contributed by atoms with Crippen molar-refractivity contribution in [3.05, 3.63) is 66.0 Å². The van der Waals surface area contributed by atoms with Crippen LogP contribution in [0.3, 0.4) is 0 Å². The van der Waals surface area contributed by atoms with E-state index in [2.05, 4.69) is 10.3 Å². The third kappa shape index (κ3) is 5.82. The highest BCUT2D eigenvalue weighted by atomic mass is 16.5. The van der Waals surface area contributed by atoms with Crippen molar-refractivity contribution in [3.63, 3.8) is 0 Å². The molecule has 1 amide bonds. The summed E-state index contributed by atoms with van der Waals surface area (Å²) >= 11 is 0. The molecule has 0 saturated heterocycles. The van der Waals surface area contributed by atoms with Crippen LogP contribution in [0.25, 0.3) is 6.08 Å². The van der Waals surface area contributed by atoms with Crippen LogP contribution in [0.5, 0.6) is 5.75 Å². The first kappa shape index (κ1) is 16.5. The molecule has 0 atom stereocenters. The van der Waals surface area contributed by atoms with Crippen LogP contribution >= 0.6 is 0 Å². The Kier molecular flexibility index (Phi) is 6.65. The van der Waals surface area contributed by atoms with E-state index in [1.807, 2.05) is 54.6 Å². The molecular weight excluding hydrogens is 292 g/mol. The number of pyridine rings is 1. The van der Waals surface area contributed by atoms with Crippen molar-refractivity contribution >= 4 is 12.2 Å². The molecule has 0 saturated carbocycles. The maximum Gasteiger partial charge on any atom is 0.407 e. The largest absolute Gasteiger partial charge is 0.494 e. The van der Waals surface area contributed by atoms with Gasteiger partial charge in [0.05, 0.1) is 7.11 Å². The fraction of sp³-hybridized carbons (Fsp3) is 0.222. The van der Waals surface area contributed by atoms with E-state index in [1.165, 1.54) is 0 Å². The van der Waals surface area contributed by atoms with Crippen molar-refractivity contribution in [3.8, 4) is 5.75 Å². The summed E-state index contributed by atoms with van der Waals surface area (Å²) in [6.45, 7) is 0.771. The maximum atomic E-state index is 11.6. The number of aromatic nitrogens is 1. The lowest BCUT2D eigenvalue weighted by Crippen LogP contribution is -2.24. The van der Waals surface area contributed by atoms with Crippen molar-refractivity contribution < 1.29 is 14.3 Å². The van der Waals surface area contributed by atoms with Gasteiger partial charge in [0.2, 0.25) is 0 Å². The first-order valence-electron chi connectivity index (χ1n) is 7.39. The molecule has 0 unspecified atom stereocenters. The van der Waals surface area contributed by atoms with E-state index in [-0.39, 0.29) is 6.61 Å². The molecule has 2 rings (SSSR count). The summed E-state index contributed by atoms with van der Waals surface area (Å²) in [7, 11) is 1.61. The molecule has 5 nitrogen and oxygen atoms in total. The average molecular weight is 312 g/mol. The molecular formula is C18H20N2O3. The summed E-state index contributed by atoms with van der Waals surface area (Å²) in [6.07, 6.45) is 5.78. The van der Waals surface area contributed by atoms with E-state index in [1.54, 1.807) is 13.3 Å². The van der Waals surface area contributed by atoms with Gasteiger partial charge >= 0.3 is 6.09 Å². The van der Waals surface area contributed by atoms with Crippen LogP contribution in [0.4, 0.5) is 4.79 Å². The molecule has 23 heavy (non-hydrogen) atoms. The SMILES string of the molecule is COc1cccnc1C=CCCNC(=O)OCc1ccccc1. The van der Waals surface area contributed by atoms with Gasteiger partial charge in [-0.3, -0.25) is 4.98 Å². The Labute approximate surface area is 136 Å². The van der Waals surface area contributed by atoms with E-state index >= 15 is 0 Å². The number of alkyl carbamates (subject to hydrolysis) is 1. The molecule has 0 aliphatic heterocycles. The van der Waals surface area contributed by atoms with E-state index in [0.29, 0.717) is 13.0 Å². The van der Waals surface area contributed by atoms with E-state index in [4.69, 9.17) is 9.47 Å². The predicted octanol–water partition coefficient (Wildman–Crippen LogP) is 3.42. The van der Waals surface area contributed by atoms with Crippen LogP contribution in [-0.4, -0.2) is 24.7 Å². The van der Waals surface area contributed by atoms with E-state index in [0.717, 1.165) is 17.0 Å².